The number of ether oxygens (including phenoxy) is 1. The van der Waals surface area contributed by atoms with Crippen LogP contribution in [0, 0.1) is 11.8 Å². The third kappa shape index (κ3) is 3.51. The van der Waals surface area contributed by atoms with Crippen LogP contribution < -0.4 is 0 Å². The molecular weight excluding hydrogens is 208 g/mol. The molecule has 0 aromatic rings. The Hall–Kier alpha value is -1.06. The minimum absolute atomic E-state index is 0.366. The van der Waals surface area contributed by atoms with E-state index in [4.69, 9.17) is 9.84 Å². The van der Waals surface area contributed by atoms with Gasteiger partial charge in [-0.15, -0.1) is 0 Å². The second-order valence-electron chi connectivity index (χ2n) is 4.42. The predicted octanol–water partition coefficient (Wildman–Crippen LogP) is 2.22. The molecule has 4 heteroatoms. The minimum atomic E-state index is -0.864. The van der Waals surface area contributed by atoms with Gasteiger partial charge in [-0.1, -0.05) is 32.1 Å². The Morgan fingerprint density at radius 1 is 1.00 bits per heavy atom. The van der Waals surface area contributed by atoms with E-state index in [0.717, 1.165) is 32.1 Å². The first kappa shape index (κ1) is 13.0. The van der Waals surface area contributed by atoms with Gasteiger partial charge in [-0.25, -0.2) is 0 Å². The van der Waals surface area contributed by atoms with Crippen molar-refractivity contribution in [2.24, 2.45) is 11.8 Å². The topological polar surface area (TPSA) is 63.6 Å². The Morgan fingerprint density at radius 2 is 1.50 bits per heavy atom. The summed E-state index contributed by atoms with van der Waals surface area (Å²) >= 11 is 0. The summed E-state index contributed by atoms with van der Waals surface area (Å²) in [6.07, 6.45) is 6.34. The van der Waals surface area contributed by atoms with Gasteiger partial charge in [-0.2, -0.15) is 0 Å². The molecule has 4 nitrogen and oxygen atoms in total. The quantitative estimate of drug-likeness (QED) is 0.736. The van der Waals surface area contributed by atoms with Crippen LogP contribution in [0.25, 0.3) is 0 Å². The summed E-state index contributed by atoms with van der Waals surface area (Å²) in [5.41, 5.74) is 0. The van der Waals surface area contributed by atoms with Crippen LogP contribution in [0.5, 0.6) is 0 Å². The number of carbonyl (C=O) groups excluding carboxylic acids is 1. The van der Waals surface area contributed by atoms with Crippen molar-refractivity contribution < 1.29 is 19.4 Å². The van der Waals surface area contributed by atoms with Gasteiger partial charge >= 0.3 is 11.9 Å². The lowest BCUT2D eigenvalue weighted by Gasteiger charge is -2.20. The number of esters is 1. The number of rotatable bonds is 2. The molecule has 0 aromatic heterocycles. The highest BCUT2D eigenvalue weighted by Gasteiger charge is 2.33. The lowest BCUT2D eigenvalue weighted by atomic mass is 9.85. The average molecular weight is 228 g/mol. The molecular formula is C12H20O4. The lowest BCUT2D eigenvalue weighted by molar-refractivity contribution is -0.156. The first-order valence-electron chi connectivity index (χ1n) is 5.97. The molecule has 2 unspecified atom stereocenters. The van der Waals surface area contributed by atoms with Gasteiger partial charge in [0.2, 0.25) is 0 Å². The molecule has 0 saturated heterocycles. The SMILES string of the molecule is COC(=O)C1CCCCCCCC1C(=O)O. The molecule has 92 valence electrons. The van der Waals surface area contributed by atoms with Crippen molar-refractivity contribution in [3.05, 3.63) is 0 Å². The molecule has 0 radical (unpaired) electrons. The van der Waals surface area contributed by atoms with E-state index in [0.29, 0.717) is 12.8 Å². The van der Waals surface area contributed by atoms with Gasteiger partial charge in [-0.3, -0.25) is 9.59 Å². The van der Waals surface area contributed by atoms with E-state index in [1.54, 1.807) is 0 Å². The predicted molar refractivity (Wildman–Crippen MR) is 59.0 cm³/mol. The first-order chi connectivity index (χ1) is 7.66. The van der Waals surface area contributed by atoms with E-state index < -0.39 is 17.8 Å². The summed E-state index contributed by atoms with van der Waals surface area (Å²) in [5, 5.41) is 9.15. The summed E-state index contributed by atoms with van der Waals surface area (Å²) in [4.78, 5) is 22.7. The Bertz CT molecular complexity index is 249. The molecule has 1 aliphatic rings. The molecule has 0 spiro atoms. The second kappa shape index (κ2) is 6.51. The van der Waals surface area contributed by atoms with Gasteiger partial charge in [0.25, 0.3) is 0 Å². The van der Waals surface area contributed by atoms with E-state index >= 15 is 0 Å². The van der Waals surface area contributed by atoms with Gasteiger partial charge in [0.1, 0.15) is 0 Å². The number of hydrogen-bond acceptors (Lipinski definition) is 3. The van der Waals surface area contributed by atoms with Crippen molar-refractivity contribution in [2.45, 2.75) is 44.9 Å². The van der Waals surface area contributed by atoms with Crippen LogP contribution in [0.1, 0.15) is 44.9 Å². The number of hydrogen-bond donors (Lipinski definition) is 1. The van der Waals surface area contributed by atoms with Crippen LogP contribution in [-0.4, -0.2) is 24.2 Å². The zero-order valence-corrected chi connectivity index (χ0v) is 9.78. The van der Waals surface area contributed by atoms with Gasteiger partial charge in [0.05, 0.1) is 18.9 Å². The molecule has 1 rings (SSSR count). The fraction of sp³-hybridized carbons (Fsp3) is 0.833. The van der Waals surface area contributed by atoms with Crippen LogP contribution in [0.3, 0.4) is 0 Å². The summed E-state index contributed by atoms with van der Waals surface area (Å²) in [6.45, 7) is 0. The molecule has 0 heterocycles. The van der Waals surface area contributed by atoms with Gasteiger partial charge in [0.15, 0.2) is 0 Å². The van der Waals surface area contributed by atoms with Crippen LogP contribution in [-0.2, 0) is 14.3 Å². The number of carbonyl (C=O) groups is 2. The molecule has 2 atom stereocenters. The van der Waals surface area contributed by atoms with Crippen LogP contribution in [0.2, 0.25) is 0 Å². The third-order valence-corrected chi connectivity index (χ3v) is 3.34. The summed E-state index contributed by atoms with van der Waals surface area (Å²) in [7, 11) is 1.33. The second-order valence-corrected chi connectivity index (χ2v) is 4.42. The molecule has 0 bridgehead atoms. The van der Waals surface area contributed by atoms with Crippen LogP contribution >= 0.6 is 0 Å². The molecule has 1 fully saturated rings. The maximum Gasteiger partial charge on any atom is 0.309 e. The van der Waals surface area contributed by atoms with Crippen molar-refractivity contribution in [1.82, 2.24) is 0 Å². The maximum atomic E-state index is 11.6. The highest BCUT2D eigenvalue weighted by Crippen LogP contribution is 2.28. The standard InChI is InChI=1S/C12H20O4/c1-16-12(15)10-8-6-4-2-3-5-7-9(10)11(13)14/h9-10H,2-8H2,1H3,(H,13,14). The zero-order chi connectivity index (χ0) is 12.0. The number of carboxylic acids is 1. The molecule has 1 N–H and O–H groups in total. The fourth-order valence-corrected chi connectivity index (χ4v) is 2.39. The molecule has 1 aliphatic carbocycles. The number of methoxy groups -OCH3 is 1. The highest BCUT2D eigenvalue weighted by molar-refractivity contribution is 5.81. The molecule has 0 aliphatic heterocycles. The minimum Gasteiger partial charge on any atom is -0.481 e. The Balaban J connectivity index is 2.75. The molecule has 0 aromatic carbocycles. The number of aliphatic carboxylic acids is 1. The number of carboxylic acid groups (broad SMARTS) is 1. The zero-order valence-electron chi connectivity index (χ0n) is 9.78. The average Bonchev–Trinajstić information content (AvgIpc) is 2.38. The normalized spacial score (nSPS) is 27.3. The van der Waals surface area contributed by atoms with E-state index in [9.17, 15) is 9.59 Å². The molecule has 1 saturated carbocycles. The fourth-order valence-electron chi connectivity index (χ4n) is 2.39. The maximum absolute atomic E-state index is 11.6. The van der Waals surface area contributed by atoms with Crippen molar-refractivity contribution in [1.29, 1.82) is 0 Å². The van der Waals surface area contributed by atoms with Crippen molar-refractivity contribution in [3.8, 4) is 0 Å². The Labute approximate surface area is 96.0 Å². The van der Waals surface area contributed by atoms with E-state index in [-0.39, 0.29) is 5.97 Å². The van der Waals surface area contributed by atoms with E-state index in [1.165, 1.54) is 7.11 Å². The smallest absolute Gasteiger partial charge is 0.309 e. The van der Waals surface area contributed by atoms with Gasteiger partial charge in [0, 0.05) is 0 Å². The largest absolute Gasteiger partial charge is 0.481 e. The summed E-state index contributed by atoms with van der Waals surface area (Å²) < 4.78 is 4.71. The monoisotopic (exact) mass is 228 g/mol. The summed E-state index contributed by atoms with van der Waals surface area (Å²) in [5.74, 6) is -2.25. The third-order valence-electron chi connectivity index (χ3n) is 3.34. The van der Waals surface area contributed by atoms with E-state index in [1.807, 2.05) is 0 Å². The van der Waals surface area contributed by atoms with Gasteiger partial charge in [-0.05, 0) is 12.8 Å². The molecule has 16 heavy (non-hydrogen) atoms. The highest BCUT2D eigenvalue weighted by atomic mass is 16.5. The van der Waals surface area contributed by atoms with E-state index in [2.05, 4.69) is 0 Å². The first-order valence-corrected chi connectivity index (χ1v) is 5.97. The Morgan fingerprint density at radius 3 is 2.00 bits per heavy atom. The van der Waals surface area contributed by atoms with Crippen LogP contribution in [0.4, 0.5) is 0 Å². The lowest BCUT2D eigenvalue weighted by Crippen LogP contribution is -2.30. The summed E-state index contributed by atoms with van der Waals surface area (Å²) in [6, 6.07) is 0. The molecule has 0 amide bonds. The van der Waals surface area contributed by atoms with Crippen molar-refractivity contribution >= 4 is 11.9 Å². The van der Waals surface area contributed by atoms with Crippen molar-refractivity contribution in [3.63, 3.8) is 0 Å². The van der Waals surface area contributed by atoms with Gasteiger partial charge < -0.3 is 9.84 Å². The Kier molecular flexibility index (Phi) is 5.29. The van der Waals surface area contributed by atoms with Crippen molar-refractivity contribution in [2.75, 3.05) is 7.11 Å². The van der Waals surface area contributed by atoms with Crippen LogP contribution in [0.15, 0.2) is 0 Å².